The van der Waals surface area contributed by atoms with Crippen molar-refractivity contribution in [3.63, 3.8) is 0 Å². The van der Waals surface area contributed by atoms with Crippen LogP contribution in [0.2, 0.25) is 5.02 Å². The number of nitrogens with one attached hydrogen (secondary N) is 2. The summed E-state index contributed by atoms with van der Waals surface area (Å²) in [7, 11) is 0. The molecule has 1 aliphatic carbocycles. The predicted octanol–water partition coefficient (Wildman–Crippen LogP) is 4.20. The largest absolute Gasteiger partial charge is 0.481 e. The van der Waals surface area contributed by atoms with Gasteiger partial charge in [-0.15, -0.1) is 0 Å². The van der Waals surface area contributed by atoms with Gasteiger partial charge in [-0.1, -0.05) is 11.6 Å². The Kier molecular flexibility index (Phi) is 7.73. The number of aliphatic carboxylic acids is 1. The topological polar surface area (TPSA) is 118 Å². The lowest BCUT2D eigenvalue weighted by molar-refractivity contribution is -0.138. The molecule has 1 aliphatic heterocycles. The minimum absolute atomic E-state index is 0.0246. The maximum Gasteiger partial charge on any atom is 0.303 e. The number of fused-ring (bicyclic) bond motifs is 1. The molecule has 1 fully saturated rings. The van der Waals surface area contributed by atoms with Gasteiger partial charge in [-0.2, -0.15) is 0 Å². The summed E-state index contributed by atoms with van der Waals surface area (Å²) in [5, 5.41) is 13.9. The van der Waals surface area contributed by atoms with Gasteiger partial charge in [0.1, 0.15) is 5.69 Å². The highest BCUT2D eigenvalue weighted by Crippen LogP contribution is 2.34. The molecule has 3 N–H and O–H groups in total. The van der Waals surface area contributed by atoms with Crippen LogP contribution in [-0.4, -0.2) is 39.8 Å². The Morgan fingerprint density at radius 1 is 1.06 bits per heavy atom. The molecule has 192 valence electrons. The molecule has 0 radical (unpaired) electrons. The van der Waals surface area contributed by atoms with Crippen molar-refractivity contribution in [2.45, 2.75) is 51.5 Å². The highest BCUT2D eigenvalue weighted by Gasteiger charge is 2.34. The molecule has 2 amide bonds. The Bertz CT molecular complexity index is 1220. The molecule has 8 nitrogen and oxygen atoms in total. The second-order valence-corrected chi connectivity index (χ2v) is 9.72. The average Bonchev–Trinajstić information content (AvgIpc) is 3.39. The van der Waals surface area contributed by atoms with Gasteiger partial charge in [0.15, 0.2) is 11.6 Å². The second kappa shape index (κ2) is 10.8. The van der Waals surface area contributed by atoms with E-state index in [2.05, 4.69) is 10.6 Å². The number of hydrogen-bond acceptors (Lipinski definition) is 4. The molecule has 0 unspecified atom stereocenters. The smallest absolute Gasteiger partial charge is 0.303 e. The van der Waals surface area contributed by atoms with E-state index in [-0.39, 0.29) is 40.2 Å². The van der Waals surface area contributed by atoms with Gasteiger partial charge in [0.2, 0.25) is 0 Å². The Balaban J connectivity index is 1.44. The number of benzene rings is 1. The van der Waals surface area contributed by atoms with Crippen molar-refractivity contribution >= 4 is 40.9 Å². The first kappa shape index (κ1) is 25.8. The zero-order chi connectivity index (χ0) is 26.0. The molecule has 1 aromatic heterocycles. The molecule has 0 saturated heterocycles. The summed E-state index contributed by atoms with van der Waals surface area (Å²) in [5.41, 5.74) is 0.499. The Labute approximate surface area is 211 Å². The van der Waals surface area contributed by atoms with Crippen molar-refractivity contribution in [3.05, 3.63) is 51.8 Å². The summed E-state index contributed by atoms with van der Waals surface area (Å²) in [6.07, 6.45) is 4.31. The highest BCUT2D eigenvalue weighted by atomic mass is 35.5. The van der Waals surface area contributed by atoms with E-state index in [1.165, 1.54) is 6.07 Å². The molecule has 1 saturated carbocycles. The fourth-order valence-electron chi connectivity index (χ4n) is 5.08. The maximum absolute atomic E-state index is 13.5. The van der Waals surface area contributed by atoms with Crippen molar-refractivity contribution < 1.29 is 33.1 Å². The Morgan fingerprint density at radius 3 is 2.42 bits per heavy atom. The molecule has 1 aromatic carbocycles. The van der Waals surface area contributed by atoms with E-state index in [0.29, 0.717) is 31.6 Å². The fraction of sp³-hybridized carbons (Fsp3) is 0.440. The molecule has 0 atom stereocenters. The first-order valence-corrected chi connectivity index (χ1v) is 12.2. The molecule has 2 heterocycles. The number of carbonyl (C=O) groups is 4. The molecular formula is C25H26ClF2N3O5. The minimum atomic E-state index is -1.12. The summed E-state index contributed by atoms with van der Waals surface area (Å²) in [6, 6.07) is 2.93. The van der Waals surface area contributed by atoms with E-state index < -0.39 is 35.2 Å². The average molecular weight is 522 g/mol. The molecular weight excluding hydrogens is 496 g/mol. The molecule has 0 spiro atoms. The minimum Gasteiger partial charge on any atom is -0.481 e. The highest BCUT2D eigenvalue weighted by molar-refractivity contribution is 6.48. The van der Waals surface area contributed by atoms with Crippen LogP contribution < -0.4 is 10.6 Å². The summed E-state index contributed by atoms with van der Waals surface area (Å²) >= 11 is 6.45. The third-order valence-corrected chi connectivity index (χ3v) is 7.28. The number of Topliss-reactive ketones (excluding diaryl/α,β-unsaturated/α-hetero) is 1. The Hall–Kier alpha value is -3.27. The van der Waals surface area contributed by atoms with E-state index in [4.69, 9.17) is 16.7 Å². The van der Waals surface area contributed by atoms with Crippen molar-refractivity contribution in [1.82, 2.24) is 9.88 Å². The standard InChI is InChI=1S/C25H26ClF2N3O5/c26-21-20(24(35)30-15-7-8-16(27)17(28)11-15)18-2-1-9-31(18)22(21)23(34)25(36)29-12-14-5-3-13(4-6-14)10-19(32)33/h7-8,11,13-14H,1-6,9-10,12H2,(H,29,36)(H,30,35)(H,32,33). The lowest BCUT2D eigenvalue weighted by atomic mass is 9.80. The summed E-state index contributed by atoms with van der Waals surface area (Å²) < 4.78 is 28.3. The first-order valence-electron chi connectivity index (χ1n) is 11.9. The van der Waals surface area contributed by atoms with Crippen molar-refractivity contribution in [2.75, 3.05) is 11.9 Å². The number of amides is 2. The summed E-state index contributed by atoms with van der Waals surface area (Å²) in [5.74, 6) is -5.07. The third kappa shape index (κ3) is 5.43. The fourth-order valence-corrected chi connectivity index (χ4v) is 5.46. The monoisotopic (exact) mass is 521 g/mol. The first-order chi connectivity index (χ1) is 17.2. The number of hydrogen-bond donors (Lipinski definition) is 3. The van der Waals surface area contributed by atoms with Crippen LogP contribution in [0.1, 0.15) is 65.1 Å². The van der Waals surface area contributed by atoms with E-state index in [0.717, 1.165) is 37.8 Å². The van der Waals surface area contributed by atoms with E-state index >= 15 is 0 Å². The van der Waals surface area contributed by atoms with Crippen LogP contribution in [0.4, 0.5) is 14.5 Å². The maximum atomic E-state index is 13.5. The van der Waals surface area contributed by atoms with Gasteiger partial charge in [-0.3, -0.25) is 19.2 Å². The summed E-state index contributed by atoms with van der Waals surface area (Å²) in [4.78, 5) is 49.6. The third-order valence-electron chi connectivity index (χ3n) is 6.91. The zero-order valence-electron chi connectivity index (χ0n) is 19.4. The van der Waals surface area contributed by atoms with Gasteiger partial charge in [0, 0.05) is 37.0 Å². The van der Waals surface area contributed by atoms with E-state index in [9.17, 15) is 28.0 Å². The van der Waals surface area contributed by atoms with Gasteiger partial charge in [0.05, 0.1) is 10.6 Å². The van der Waals surface area contributed by atoms with Gasteiger partial charge in [-0.25, -0.2) is 8.78 Å². The predicted molar refractivity (Wildman–Crippen MR) is 127 cm³/mol. The Morgan fingerprint density at radius 2 is 1.75 bits per heavy atom. The molecule has 4 rings (SSSR count). The number of ketones is 1. The molecule has 2 aromatic rings. The molecule has 36 heavy (non-hydrogen) atoms. The van der Waals surface area contributed by atoms with Gasteiger partial charge < -0.3 is 20.3 Å². The normalized spacial score (nSPS) is 19.0. The number of rotatable bonds is 8. The van der Waals surface area contributed by atoms with Gasteiger partial charge in [-0.05, 0) is 62.5 Å². The van der Waals surface area contributed by atoms with Crippen LogP contribution in [0.25, 0.3) is 0 Å². The number of aromatic nitrogens is 1. The van der Waals surface area contributed by atoms with Crippen LogP contribution in [0.15, 0.2) is 18.2 Å². The van der Waals surface area contributed by atoms with Gasteiger partial charge in [0.25, 0.3) is 17.6 Å². The zero-order valence-corrected chi connectivity index (χ0v) is 20.2. The summed E-state index contributed by atoms with van der Waals surface area (Å²) in [6.45, 7) is 0.703. The number of halogens is 3. The molecule has 11 heteroatoms. The van der Waals surface area contributed by atoms with Crippen LogP contribution in [0, 0.1) is 23.5 Å². The van der Waals surface area contributed by atoms with Crippen LogP contribution in [0.5, 0.6) is 0 Å². The van der Waals surface area contributed by atoms with E-state index in [1.54, 1.807) is 4.57 Å². The molecule has 0 bridgehead atoms. The number of carbonyl (C=O) groups excluding carboxylic acids is 3. The number of carboxylic acid groups (broad SMARTS) is 1. The number of carboxylic acids is 1. The van der Waals surface area contributed by atoms with Crippen LogP contribution >= 0.6 is 11.6 Å². The van der Waals surface area contributed by atoms with Crippen molar-refractivity contribution in [3.8, 4) is 0 Å². The molecule has 2 aliphatic rings. The lowest BCUT2D eigenvalue weighted by Gasteiger charge is -2.27. The van der Waals surface area contributed by atoms with Crippen molar-refractivity contribution in [2.24, 2.45) is 11.8 Å². The SMILES string of the molecule is O=C(O)CC1CCC(CNC(=O)C(=O)c2c(Cl)c(C(=O)Nc3ccc(F)c(F)c3)c3n2CCC3)CC1. The van der Waals surface area contributed by atoms with Gasteiger partial charge >= 0.3 is 5.97 Å². The van der Waals surface area contributed by atoms with Crippen LogP contribution in [-0.2, 0) is 22.6 Å². The quantitative estimate of drug-likeness (QED) is 0.355. The lowest BCUT2D eigenvalue weighted by Crippen LogP contribution is -2.36. The van der Waals surface area contributed by atoms with Crippen molar-refractivity contribution in [1.29, 1.82) is 0 Å². The van der Waals surface area contributed by atoms with Crippen LogP contribution in [0.3, 0.4) is 0 Å². The van der Waals surface area contributed by atoms with E-state index in [1.807, 2.05) is 0 Å². The number of nitrogens with zero attached hydrogens (tertiary/aromatic N) is 1. The number of anilines is 1. The second-order valence-electron chi connectivity index (χ2n) is 9.35.